The van der Waals surface area contributed by atoms with E-state index in [1.807, 2.05) is 37.4 Å². The highest BCUT2D eigenvalue weighted by Gasteiger charge is 2.38. The van der Waals surface area contributed by atoms with Gasteiger partial charge in [0.05, 0.1) is 12.7 Å². The van der Waals surface area contributed by atoms with Gasteiger partial charge in [-0.3, -0.25) is 14.5 Å². The van der Waals surface area contributed by atoms with Crippen LogP contribution < -0.4 is 10.9 Å². The quantitative estimate of drug-likeness (QED) is 0.867. The molecular weight excluding hydrogens is 366 g/mol. The van der Waals surface area contributed by atoms with Gasteiger partial charge in [0.15, 0.2) is 0 Å². The Kier molecular flexibility index (Phi) is 4.76. The average molecular weight is 393 g/mol. The van der Waals surface area contributed by atoms with E-state index in [2.05, 4.69) is 22.3 Å². The summed E-state index contributed by atoms with van der Waals surface area (Å²) in [6, 6.07) is 12.8. The summed E-state index contributed by atoms with van der Waals surface area (Å²) in [7, 11) is 0. The van der Waals surface area contributed by atoms with Gasteiger partial charge in [-0.05, 0) is 43.4 Å². The Morgan fingerprint density at radius 1 is 1.10 bits per heavy atom. The Hall–Kier alpha value is -2.44. The second-order valence-corrected chi connectivity index (χ2v) is 8.56. The van der Waals surface area contributed by atoms with Crippen molar-refractivity contribution in [2.24, 2.45) is 0 Å². The number of aromatic nitrogens is 1. The van der Waals surface area contributed by atoms with Crippen LogP contribution in [-0.2, 0) is 4.74 Å². The summed E-state index contributed by atoms with van der Waals surface area (Å²) in [4.78, 5) is 28.2. The molecule has 1 aromatic heterocycles. The van der Waals surface area contributed by atoms with Crippen LogP contribution >= 0.6 is 0 Å². The number of pyridine rings is 1. The third kappa shape index (κ3) is 3.63. The molecule has 0 unspecified atom stereocenters. The second kappa shape index (κ2) is 7.43. The molecule has 29 heavy (non-hydrogen) atoms. The van der Waals surface area contributed by atoms with Gasteiger partial charge < -0.3 is 14.6 Å². The van der Waals surface area contributed by atoms with Crippen molar-refractivity contribution in [3.05, 3.63) is 69.6 Å². The van der Waals surface area contributed by atoms with Crippen molar-refractivity contribution in [1.29, 1.82) is 0 Å². The van der Waals surface area contributed by atoms with Crippen LogP contribution in [0.1, 0.15) is 52.9 Å². The van der Waals surface area contributed by atoms with E-state index < -0.39 is 0 Å². The molecule has 3 atom stereocenters. The van der Waals surface area contributed by atoms with E-state index in [1.165, 1.54) is 5.56 Å². The molecular formula is C23H27N3O3. The number of hydrogen-bond acceptors (Lipinski definition) is 4. The average Bonchev–Trinajstić information content (AvgIpc) is 3.47. The molecule has 3 heterocycles. The largest absolute Gasteiger partial charge is 0.371 e. The fraction of sp³-hybridized carbons (Fsp3) is 0.478. The van der Waals surface area contributed by atoms with Gasteiger partial charge in [0.2, 0.25) is 0 Å². The van der Waals surface area contributed by atoms with Crippen LogP contribution in [0.5, 0.6) is 0 Å². The Morgan fingerprint density at radius 3 is 2.66 bits per heavy atom. The number of rotatable bonds is 4. The third-order valence-electron chi connectivity index (χ3n) is 6.42. The van der Waals surface area contributed by atoms with Gasteiger partial charge in [0, 0.05) is 37.4 Å². The molecule has 2 aromatic rings. The van der Waals surface area contributed by atoms with Crippen LogP contribution in [0.15, 0.2) is 47.4 Å². The Bertz CT molecular complexity index is 967. The monoisotopic (exact) mass is 393 g/mol. The van der Waals surface area contributed by atoms with E-state index in [0.29, 0.717) is 18.2 Å². The van der Waals surface area contributed by atoms with Gasteiger partial charge in [-0.25, -0.2) is 0 Å². The summed E-state index contributed by atoms with van der Waals surface area (Å²) < 4.78 is 7.82. The summed E-state index contributed by atoms with van der Waals surface area (Å²) >= 11 is 0. The molecule has 0 radical (unpaired) electrons. The van der Waals surface area contributed by atoms with Crippen LogP contribution in [0, 0.1) is 6.92 Å². The van der Waals surface area contributed by atoms with Crippen molar-refractivity contribution in [2.45, 2.75) is 50.4 Å². The fourth-order valence-electron chi connectivity index (χ4n) is 4.66. The normalized spacial score (nSPS) is 26.9. The van der Waals surface area contributed by atoms with Crippen LogP contribution in [0.25, 0.3) is 0 Å². The zero-order valence-corrected chi connectivity index (χ0v) is 16.7. The first kappa shape index (κ1) is 18.6. The molecule has 1 amide bonds. The summed E-state index contributed by atoms with van der Waals surface area (Å²) in [5, 5.41) is 3.12. The highest BCUT2D eigenvalue weighted by atomic mass is 16.5. The maximum atomic E-state index is 13.0. The molecule has 2 aliphatic heterocycles. The van der Waals surface area contributed by atoms with Crippen molar-refractivity contribution in [1.82, 2.24) is 14.8 Å². The number of fused-ring (bicyclic) bond motifs is 1. The summed E-state index contributed by atoms with van der Waals surface area (Å²) in [6.07, 6.45) is 4.79. The lowest BCUT2D eigenvalue weighted by molar-refractivity contribution is -0.0502. The van der Waals surface area contributed by atoms with Gasteiger partial charge in [-0.1, -0.05) is 30.3 Å². The van der Waals surface area contributed by atoms with E-state index in [1.54, 1.807) is 4.57 Å². The highest BCUT2D eigenvalue weighted by molar-refractivity contribution is 5.95. The predicted octanol–water partition coefficient (Wildman–Crippen LogP) is 2.44. The molecule has 1 N–H and O–H groups in total. The summed E-state index contributed by atoms with van der Waals surface area (Å²) in [5.41, 5.74) is 2.07. The lowest BCUT2D eigenvalue weighted by Crippen LogP contribution is -2.43. The smallest absolute Gasteiger partial charge is 0.263 e. The molecule has 0 spiro atoms. The maximum absolute atomic E-state index is 13.0. The van der Waals surface area contributed by atoms with Gasteiger partial charge in [-0.2, -0.15) is 0 Å². The van der Waals surface area contributed by atoms with E-state index in [-0.39, 0.29) is 29.7 Å². The molecule has 152 valence electrons. The molecule has 3 fully saturated rings. The molecule has 6 heteroatoms. The number of nitrogens with one attached hydrogen (secondary N) is 1. The number of carbonyl (C=O) groups excluding carboxylic acids is 1. The molecule has 5 rings (SSSR count). The van der Waals surface area contributed by atoms with E-state index >= 15 is 0 Å². The third-order valence-corrected chi connectivity index (χ3v) is 6.42. The summed E-state index contributed by atoms with van der Waals surface area (Å²) in [6.45, 7) is 4.14. The Labute approximate surface area is 170 Å². The first-order chi connectivity index (χ1) is 14.1. The molecule has 6 nitrogen and oxygen atoms in total. The van der Waals surface area contributed by atoms with Crippen molar-refractivity contribution in [3.63, 3.8) is 0 Å². The van der Waals surface area contributed by atoms with Crippen LogP contribution in [0.4, 0.5) is 0 Å². The molecule has 3 aliphatic rings. The van der Waals surface area contributed by atoms with Crippen LogP contribution in [0.3, 0.4) is 0 Å². The maximum Gasteiger partial charge on any atom is 0.263 e. The van der Waals surface area contributed by atoms with E-state index in [9.17, 15) is 9.59 Å². The number of morpholine rings is 1. The zero-order valence-electron chi connectivity index (χ0n) is 16.7. The van der Waals surface area contributed by atoms with Crippen molar-refractivity contribution in [2.75, 3.05) is 19.7 Å². The van der Waals surface area contributed by atoms with Gasteiger partial charge in [-0.15, -0.1) is 0 Å². The van der Waals surface area contributed by atoms with Crippen molar-refractivity contribution >= 4 is 5.91 Å². The predicted molar refractivity (Wildman–Crippen MR) is 110 cm³/mol. The SMILES string of the molecule is Cc1ccn(C2CC2)c(=O)c1C(=O)N[C@H]1C[C@H]2CO[C@@H](c3ccccc3)CN2C1. The standard InChI is InChI=1S/C23H27N3O3/c1-15-9-10-26(18-7-8-18)23(28)21(15)22(27)24-17-11-19-14-29-20(13-25(19)12-17)16-5-3-2-4-6-16/h2-6,9-10,17-20H,7-8,11-14H2,1H3,(H,24,27)/t17-,19-,20+/m0/s1. The summed E-state index contributed by atoms with van der Waals surface area (Å²) in [5.74, 6) is -0.243. The van der Waals surface area contributed by atoms with Crippen molar-refractivity contribution in [3.8, 4) is 0 Å². The number of benzene rings is 1. The molecule has 2 saturated heterocycles. The number of aryl methyl sites for hydroxylation is 1. The van der Waals surface area contributed by atoms with Crippen molar-refractivity contribution < 1.29 is 9.53 Å². The number of hydrogen-bond donors (Lipinski definition) is 1. The number of amides is 1. The Morgan fingerprint density at radius 2 is 1.90 bits per heavy atom. The van der Waals surface area contributed by atoms with Gasteiger partial charge in [0.1, 0.15) is 5.56 Å². The van der Waals surface area contributed by atoms with Crippen LogP contribution in [0.2, 0.25) is 0 Å². The fourth-order valence-corrected chi connectivity index (χ4v) is 4.66. The first-order valence-corrected chi connectivity index (χ1v) is 10.5. The second-order valence-electron chi connectivity index (χ2n) is 8.56. The first-order valence-electron chi connectivity index (χ1n) is 10.5. The Balaban J connectivity index is 1.27. The minimum absolute atomic E-state index is 0.0407. The number of nitrogens with zero attached hydrogens (tertiary/aromatic N) is 2. The van der Waals surface area contributed by atoms with Gasteiger partial charge in [0.25, 0.3) is 11.5 Å². The highest BCUT2D eigenvalue weighted by Crippen LogP contribution is 2.33. The minimum atomic E-state index is -0.243. The van der Waals surface area contributed by atoms with Crippen LogP contribution in [-0.4, -0.2) is 47.2 Å². The zero-order chi connectivity index (χ0) is 20.0. The topological polar surface area (TPSA) is 63.6 Å². The molecule has 1 aromatic carbocycles. The van der Waals surface area contributed by atoms with Gasteiger partial charge >= 0.3 is 0 Å². The number of ether oxygens (including phenoxy) is 1. The lowest BCUT2D eigenvalue weighted by Gasteiger charge is -2.35. The van der Waals surface area contributed by atoms with E-state index in [0.717, 1.165) is 37.9 Å². The number of carbonyl (C=O) groups is 1. The lowest BCUT2D eigenvalue weighted by atomic mass is 10.1. The molecule has 0 bridgehead atoms. The van der Waals surface area contributed by atoms with E-state index in [4.69, 9.17) is 4.74 Å². The molecule has 1 aliphatic carbocycles. The minimum Gasteiger partial charge on any atom is -0.371 e. The molecule has 1 saturated carbocycles.